The topological polar surface area (TPSA) is 12.0 Å². The lowest BCUT2D eigenvalue weighted by Crippen LogP contribution is -2.41. The molecule has 1 saturated heterocycles. The largest absolute Gasteiger partial charge is 0.311 e. The third-order valence-corrected chi connectivity index (χ3v) is 2.56. The highest BCUT2D eigenvalue weighted by Gasteiger charge is 2.17. The molecular formula is C9H20ClN. The summed E-state index contributed by atoms with van der Waals surface area (Å²) in [4.78, 5) is 0. The minimum atomic E-state index is 0. The van der Waals surface area contributed by atoms with Gasteiger partial charge in [-0.05, 0) is 25.7 Å². The van der Waals surface area contributed by atoms with Crippen LogP contribution in [0.25, 0.3) is 0 Å². The molecule has 11 heavy (non-hydrogen) atoms. The van der Waals surface area contributed by atoms with Crippen molar-refractivity contribution in [1.82, 2.24) is 5.32 Å². The van der Waals surface area contributed by atoms with Crippen molar-refractivity contribution in [2.75, 3.05) is 0 Å². The number of halogens is 1. The van der Waals surface area contributed by atoms with Crippen molar-refractivity contribution in [2.24, 2.45) is 0 Å². The predicted octanol–water partition coefficient (Wildman–Crippen LogP) is 2.74. The molecule has 0 aromatic rings. The van der Waals surface area contributed by atoms with Gasteiger partial charge in [-0.25, -0.2) is 0 Å². The van der Waals surface area contributed by atoms with Crippen molar-refractivity contribution >= 4 is 12.4 Å². The van der Waals surface area contributed by atoms with Crippen LogP contribution in [-0.4, -0.2) is 12.1 Å². The lowest BCUT2D eigenvalue weighted by atomic mass is 9.96. The molecular weight excluding hydrogens is 158 g/mol. The minimum Gasteiger partial charge on any atom is -0.311 e. The van der Waals surface area contributed by atoms with E-state index < -0.39 is 0 Å². The SMILES string of the molecule is CCC1CCCC(CC)N1.Cl. The Hall–Kier alpha value is 0.250. The molecule has 0 saturated carbocycles. The maximum Gasteiger partial charge on any atom is 0.00670 e. The lowest BCUT2D eigenvalue weighted by molar-refractivity contribution is 0.308. The zero-order valence-electron chi connectivity index (χ0n) is 7.60. The smallest absolute Gasteiger partial charge is 0.00670 e. The molecule has 1 rings (SSSR count). The van der Waals surface area contributed by atoms with E-state index in [1.165, 1.54) is 32.1 Å². The van der Waals surface area contributed by atoms with Crippen LogP contribution in [0.15, 0.2) is 0 Å². The molecule has 1 aliphatic heterocycles. The second-order valence-corrected chi connectivity index (χ2v) is 3.31. The van der Waals surface area contributed by atoms with E-state index in [1.807, 2.05) is 0 Å². The maximum absolute atomic E-state index is 3.65. The van der Waals surface area contributed by atoms with E-state index in [4.69, 9.17) is 0 Å². The molecule has 0 aromatic carbocycles. The van der Waals surface area contributed by atoms with Crippen LogP contribution in [0.5, 0.6) is 0 Å². The van der Waals surface area contributed by atoms with E-state index in [0.29, 0.717) is 0 Å². The zero-order valence-corrected chi connectivity index (χ0v) is 8.41. The highest BCUT2D eigenvalue weighted by atomic mass is 35.5. The first-order valence-electron chi connectivity index (χ1n) is 4.62. The van der Waals surface area contributed by atoms with E-state index in [-0.39, 0.29) is 12.4 Å². The molecule has 2 atom stereocenters. The van der Waals surface area contributed by atoms with Crippen molar-refractivity contribution in [2.45, 2.75) is 58.0 Å². The molecule has 0 bridgehead atoms. The number of piperidine rings is 1. The summed E-state index contributed by atoms with van der Waals surface area (Å²) < 4.78 is 0. The van der Waals surface area contributed by atoms with Gasteiger partial charge in [0.2, 0.25) is 0 Å². The van der Waals surface area contributed by atoms with Crippen LogP contribution in [0, 0.1) is 0 Å². The Bertz CT molecular complexity index is 85.6. The predicted molar refractivity (Wildman–Crippen MR) is 52.4 cm³/mol. The molecule has 0 spiro atoms. The second kappa shape index (κ2) is 5.84. The molecule has 0 aliphatic carbocycles. The minimum absolute atomic E-state index is 0. The van der Waals surface area contributed by atoms with Crippen LogP contribution in [-0.2, 0) is 0 Å². The fourth-order valence-corrected chi connectivity index (χ4v) is 1.75. The first-order chi connectivity index (χ1) is 4.86. The lowest BCUT2D eigenvalue weighted by Gasteiger charge is -2.29. The summed E-state index contributed by atoms with van der Waals surface area (Å²) in [5.41, 5.74) is 0. The Labute approximate surface area is 76.4 Å². The van der Waals surface area contributed by atoms with Crippen LogP contribution in [0.1, 0.15) is 46.0 Å². The van der Waals surface area contributed by atoms with E-state index in [2.05, 4.69) is 19.2 Å². The molecule has 0 aromatic heterocycles. The Morgan fingerprint density at radius 3 is 1.91 bits per heavy atom. The van der Waals surface area contributed by atoms with Crippen LogP contribution in [0.3, 0.4) is 0 Å². The first kappa shape index (κ1) is 11.2. The monoisotopic (exact) mass is 177 g/mol. The van der Waals surface area contributed by atoms with Gasteiger partial charge in [-0.1, -0.05) is 20.3 Å². The highest BCUT2D eigenvalue weighted by Crippen LogP contribution is 2.16. The summed E-state index contributed by atoms with van der Waals surface area (Å²) in [5.74, 6) is 0. The summed E-state index contributed by atoms with van der Waals surface area (Å²) in [5, 5.41) is 3.65. The van der Waals surface area contributed by atoms with Gasteiger partial charge in [-0.15, -0.1) is 12.4 Å². The standard InChI is InChI=1S/C9H19N.ClH/c1-3-8-6-5-7-9(4-2)10-8;/h8-10H,3-7H2,1-2H3;1H. The van der Waals surface area contributed by atoms with Crippen molar-refractivity contribution in [3.8, 4) is 0 Å². The van der Waals surface area contributed by atoms with Crippen LogP contribution >= 0.6 is 12.4 Å². The summed E-state index contributed by atoms with van der Waals surface area (Å²) in [7, 11) is 0. The summed E-state index contributed by atoms with van der Waals surface area (Å²) in [6.07, 6.45) is 6.83. The fraction of sp³-hybridized carbons (Fsp3) is 1.00. The van der Waals surface area contributed by atoms with E-state index in [9.17, 15) is 0 Å². The highest BCUT2D eigenvalue weighted by molar-refractivity contribution is 5.85. The summed E-state index contributed by atoms with van der Waals surface area (Å²) >= 11 is 0. The molecule has 2 heteroatoms. The van der Waals surface area contributed by atoms with Gasteiger partial charge in [0.25, 0.3) is 0 Å². The molecule has 1 fully saturated rings. The van der Waals surface area contributed by atoms with Gasteiger partial charge in [0.1, 0.15) is 0 Å². The van der Waals surface area contributed by atoms with E-state index in [1.54, 1.807) is 0 Å². The number of nitrogens with one attached hydrogen (secondary N) is 1. The van der Waals surface area contributed by atoms with Crippen molar-refractivity contribution in [1.29, 1.82) is 0 Å². The van der Waals surface area contributed by atoms with Crippen molar-refractivity contribution in [3.63, 3.8) is 0 Å². The van der Waals surface area contributed by atoms with Gasteiger partial charge >= 0.3 is 0 Å². The molecule has 1 nitrogen and oxygen atoms in total. The van der Waals surface area contributed by atoms with Gasteiger partial charge in [0.05, 0.1) is 0 Å². The van der Waals surface area contributed by atoms with Crippen LogP contribution in [0.4, 0.5) is 0 Å². The average molecular weight is 178 g/mol. The normalized spacial score (nSPS) is 31.1. The fourth-order valence-electron chi connectivity index (χ4n) is 1.75. The van der Waals surface area contributed by atoms with Crippen LogP contribution < -0.4 is 5.32 Å². The Kier molecular flexibility index (Phi) is 5.98. The molecule has 2 unspecified atom stereocenters. The quantitative estimate of drug-likeness (QED) is 0.684. The van der Waals surface area contributed by atoms with Gasteiger partial charge in [0, 0.05) is 12.1 Å². The van der Waals surface area contributed by atoms with Crippen molar-refractivity contribution in [3.05, 3.63) is 0 Å². The van der Waals surface area contributed by atoms with Crippen molar-refractivity contribution < 1.29 is 0 Å². The van der Waals surface area contributed by atoms with E-state index in [0.717, 1.165) is 12.1 Å². The molecule has 1 aliphatic rings. The van der Waals surface area contributed by atoms with Crippen LogP contribution in [0.2, 0.25) is 0 Å². The summed E-state index contributed by atoms with van der Waals surface area (Å²) in [6.45, 7) is 4.55. The molecule has 0 amide bonds. The average Bonchev–Trinajstić information content (AvgIpc) is 2.05. The maximum atomic E-state index is 3.65. The van der Waals surface area contributed by atoms with Gasteiger partial charge < -0.3 is 5.32 Å². The second-order valence-electron chi connectivity index (χ2n) is 3.31. The van der Waals surface area contributed by atoms with Gasteiger partial charge in [0.15, 0.2) is 0 Å². The third kappa shape index (κ3) is 3.44. The number of hydrogen-bond donors (Lipinski definition) is 1. The molecule has 0 radical (unpaired) electrons. The Balaban J connectivity index is 0.000001000. The third-order valence-electron chi connectivity index (χ3n) is 2.56. The zero-order chi connectivity index (χ0) is 7.40. The number of hydrogen-bond acceptors (Lipinski definition) is 1. The van der Waals surface area contributed by atoms with Gasteiger partial charge in [-0.2, -0.15) is 0 Å². The molecule has 1 N–H and O–H groups in total. The summed E-state index contributed by atoms with van der Waals surface area (Å²) in [6, 6.07) is 1.64. The number of rotatable bonds is 2. The van der Waals surface area contributed by atoms with E-state index >= 15 is 0 Å². The molecule has 1 heterocycles. The Morgan fingerprint density at radius 2 is 1.55 bits per heavy atom. The first-order valence-corrected chi connectivity index (χ1v) is 4.62. The Morgan fingerprint density at radius 1 is 1.09 bits per heavy atom. The van der Waals surface area contributed by atoms with Gasteiger partial charge in [-0.3, -0.25) is 0 Å². The molecule has 68 valence electrons.